The van der Waals surface area contributed by atoms with Gasteiger partial charge in [0.1, 0.15) is 0 Å². The van der Waals surface area contributed by atoms with Gasteiger partial charge in [0.25, 0.3) is 5.91 Å². The Morgan fingerprint density at radius 2 is 1.62 bits per heavy atom. The first kappa shape index (κ1) is 13.0. The van der Waals surface area contributed by atoms with Crippen molar-refractivity contribution in [3.63, 3.8) is 0 Å². The van der Waals surface area contributed by atoms with E-state index in [0.29, 0.717) is 0 Å². The molecule has 0 unspecified atom stereocenters. The molecule has 0 aromatic carbocycles. The SMILES string of the molecule is C/C(=C1/C=CN(C(C)(C)C)C1=O)C(C)(C)C. The molecule has 90 valence electrons. The molecule has 16 heavy (non-hydrogen) atoms. The lowest BCUT2D eigenvalue weighted by Gasteiger charge is -2.30. The smallest absolute Gasteiger partial charge is 0.258 e. The third-order valence-electron chi connectivity index (χ3n) is 3.09. The molecule has 0 saturated carbocycles. The monoisotopic (exact) mass is 221 g/mol. The summed E-state index contributed by atoms with van der Waals surface area (Å²) in [5.74, 6) is 0.125. The number of rotatable bonds is 0. The van der Waals surface area contributed by atoms with Crippen molar-refractivity contribution >= 4 is 5.91 Å². The Balaban J connectivity index is 3.10. The van der Waals surface area contributed by atoms with Crippen molar-refractivity contribution in [3.8, 4) is 0 Å². The van der Waals surface area contributed by atoms with E-state index in [1.807, 2.05) is 40.0 Å². The highest BCUT2D eigenvalue weighted by Crippen LogP contribution is 2.32. The van der Waals surface area contributed by atoms with Crippen LogP contribution in [0, 0.1) is 5.41 Å². The van der Waals surface area contributed by atoms with Crippen molar-refractivity contribution in [1.29, 1.82) is 0 Å². The van der Waals surface area contributed by atoms with Crippen molar-refractivity contribution in [2.45, 2.75) is 54.0 Å². The Morgan fingerprint density at radius 1 is 1.12 bits per heavy atom. The van der Waals surface area contributed by atoms with Crippen molar-refractivity contribution in [2.75, 3.05) is 0 Å². The Labute approximate surface area is 99.0 Å². The van der Waals surface area contributed by atoms with Gasteiger partial charge in [0.2, 0.25) is 0 Å². The average molecular weight is 221 g/mol. The minimum Gasteiger partial charge on any atom is -0.310 e. The van der Waals surface area contributed by atoms with Gasteiger partial charge in [-0.15, -0.1) is 0 Å². The first-order chi connectivity index (χ1) is 7.05. The highest BCUT2D eigenvalue weighted by atomic mass is 16.2. The third kappa shape index (κ3) is 2.37. The molecule has 2 nitrogen and oxygen atoms in total. The van der Waals surface area contributed by atoms with Crippen LogP contribution >= 0.6 is 0 Å². The molecule has 0 N–H and O–H groups in total. The van der Waals surface area contributed by atoms with Crippen LogP contribution in [-0.2, 0) is 4.79 Å². The zero-order valence-electron chi connectivity index (χ0n) is 11.5. The quantitative estimate of drug-likeness (QED) is 0.573. The first-order valence-corrected chi connectivity index (χ1v) is 5.78. The van der Waals surface area contributed by atoms with Gasteiger partial charge in [-0.1, -0.05) is 26.3 Å². The van der Waals surface area contributed by atoms with Crippen LogP contribution in [0.2, 0.25) is 0 Å². The van der Waals surface area contributed by atoms with Crippen molar-refractivity contribution < 1.29 is 4.79 Å². The number of amides is 1. The second kappa shape index (κ2) is 3.76. The topological polar surface area (TPSA) is 20.3 Å². The Morgan fingerprint density at radius 3 is 1.94 bits per heavy atom. The van der Waals surface area contributed by atoms with E-state index in [9.17, 15) is 4.79 Å². The second-order valence-electron chi connectivity index (χ2n) is 6.45. The lowest BCUT2D eigenvalue weighted by molar-refractivity contribution is -0.127. The lowest BCUT2D eigenvalue weighted by atomic mass is 9.84. The molecule has 1 rings (SSSR count). The number of carbonyl (C=O) groups is 1. The van der Waals surface area contributed by atoms with Gasteiger partial charge in [0.15, 0.2) is 0 Å². The molecule has 0 aromatic rings. The summed E-state index contributed by atoms with van der Waals surface area (Å²) < 4.78 is 0. The minimum absolute atomic E-state index is 0.0449. The average Bonchev–Trinajstić information content (AvgIpc) is 2.42. The van der Waals surface area contributed by atoms with Gasteiger partial charge in [-0.2, -0.15) is 0 Å². The second-order valence-corrected chi connectivity index (χ2v) is 6.45. The summed E-state index contributed by atoms with van der Waals surface area (Å²) in [5, 5.41) is 0. The fourth-order valence-electron chi connectivity index (χ4n) is 1.64. The van der Waals surface area contributed by atoms with Gasteiger partial charge in [0.05, 0.1) is 0 Å². The molecule has 0 bridgehead atoms. The first-order valence-electron chi connectivity index (χ1n) is 5.78. The van der Waals surface area contributed by atoms with Crippen LogP contribution in [-0.4, -0.2) is 16.3 Å². The molecule has 2 heteroatoms. The predicted molar refractivity (Wildman–Crippen MR) is 67.9 cm³/mol. The van der Waals surface area contributed by atoms with Gasteiger partial charge in [-0.05, 0) is 39.2 Å². The molecular formula is C14H23NO. The number of nitrogens with zero attached hydrogens (tertiary/aromatic N) is 1. The Bertz CT molecular complexity index is 361. The summed E-state index contributed by atoms with van der Waals surface area (Å²) in [6.45, 7) is 14.6. The Hall–Kier alpha value is -1.05. The van der Waals surface area contributed by atoms with E-state index >= 15 is 0 Å². The van der Waals surface area contributed by atoms with Gasteiger partial charge >= 0.3 is 0 Å². The van der Waals surface area contributed by atoms with Crippen LogP contribution in [0.25, 0.3) is 0 Å². The van der Waals surface area contributed by atoms with Gasteiger partial charge < -0.3 is 4.90 Å². The molecule has 0 saturated heterocycles. The summed E-state index contributed by atoms with van der Waals surface area (Å²) in [6.07, 6.45) is 3.83. The number of hydrogen-bond acceptors (Lipinski definition) is 1. The fourth-order valence-corrected chi connectivity index (χ4v) is 1.64. The molecular weight excluding hydrogens is 198 g/mol. The van der Waals surface area contributed by atoms with Crippen LogP contribution in [0.1, 0.15) is 48.5 Å². The summed E-state index contributed by atoms with van der Waals surface area (Å²) >= 11 is 0. The molecule has 1 amide bonds. The molecule has 1 heterocycles. The maximum atomic E-state index is 12.2. The summed E-state index contributed by atoms with van der Waals surface area (Å²) in [7, 11) is 0. The summed E-state index contributed by atoms with van der Waals surface area (Å²) in [6, 6.07) is 0. The molecule has 0 aliphatic carbocycles. The predicted octanol–water partition coefficient (Wildman–Crippen LogP) is 3.50. The molecule has 1 aliphatic heterocycles. The maximum Gasteiger partial charge on any atom is 0.258 e. The molecule has 0 fully saturated rings. The standard InChI is InChI=1S/C14H23NO/c1-10(13(2,3)4)11-8-9-15(12(11)16)14(5,6)7/h8-9H,1-7H3/b11-10+. The van der Waals surface area contributed by atoms with E-state index in [2.05, 4.69) is 20.8 Å². The molecule has 0 radical (unpaired) electrons. The van der Waals surface area contributed by atoms with Crippen molar-refractivity contribution in [2.24, 2.45) is 5.41 Å². The fraction of sp³-hybridized carbons (Fsp3) is 0.643. The van der Waals surface area contributed by atoms with Crippen molar-refractivity contribution in [1.82, 2.24) is 4.90 Å². The van der Waals surface area contributed by atoms with Gasteiger partial charge in [-0.3, -0.25) is 4.79 Å². The number of allylic oxidation sites excluding steroid dienone is 1. The molecule has 0 aromatic heterocycles. The van der Waals surface area contributed by atoms with Crippen LogP contribution < -0.4 is 0 Å². The van der Waals surface area contributed by atoms with Crippen LogP contribution in [0.5, 0.6) is 0 Å². The van der Waals surface area contributed by atoms with Gasteiger partial charge in [0, 0.05) is 17.3 Å². The maximum absolute atomic E-state index is 12.2. The van der Waals surface area contributed by atoms with Gasteiger partial charge in [-0.25, -0.2) is 0 Å². The zero-order chi connectivity index (χ0) is 12.7. The Kier molecular flexibility index (Phi) is 3.06. The van der Waals surface area contributed by atoms with Crippen LogP contribution in [0.15, 0.2) is 23.4 Å². The lowest BCUT2D eigenvalue weighted by Crippen LogP contribution is -2.40. The highest BCUT2D eigenvalue weighted by Gasteiger charge is 2.32. The number of carbonyl (C=O) groups excluding carboxylic acids is 1. The normalized spacial score (nSPS) is 20.7. The number of hydrogen-bond donors (Lipinski definition) is 0. The zero-order valence-corrected chi connectivity index (χ0v) is 11.5. The van der Waals surface area contributed by atoms with E-state index in [1.54, 1.807) is 4.90 Å². The summed E-state index contributed by atoms with van der Waals surface area (Å²) in [5.41, 5.74) is 1.90. The summed E-state index contributed by atoms with van der Waals surface area (Å²) in [4.78, 5) is 14.0. The highest BCUT2D eigenvalue weighted by molar-refractivity contribution is 6.00. The minimum atomic E-state index is -0.145. The molecule has 0 atom stereocenters. The van der Waals surface area contributed by atoms with E-state index in [0.717, 1.165) is 11.1 Å². The largest absolute Gasteiger partial charge is 0.310 e. The van der Waals surface area contributed by atoms with Crippen LogP contribution in [0.4, 0.5) is 0 Å². The third-order valence-corrected chi connectivity index (χ3v) is 3.09. The van der Waals surface area contributed by atoms with Crippen LogP contribution in [0.3, 0.4) is 0 Å². The molecule has 0 spiro atoms. The van der Waals surface area contributed by atoms with E-state index in [-0.39, 0.29) is 16.9 Å². The van der Waals surface area contributed by atoms with Crippen molar-refractivity contribution in [3.05, 3.63) is 23.4 Å². The van der Waals surface area contributed by atoms with E-state index in [4.69, 9.17) is 0 Å². The van der Waals surface area contributed by atoms with E-state index in [1.165, 1.54) is 0 Å². The molecule has 1 aliphatic rings. The van der Waals surface area contributed by atoms with E-state index < -0.39 is 0 Å².